The molecule has 0 saturated carbocycles. The normalized spacial score (nSPS) is 10.8. The summed E-state index contributed by atoms with van der Waals surface area (Å²) in [5, 5.41) is 3.83. The zero-order chi connectivity index (χ0) is 15.0. The van der Waals surface area contributed by atoms with E-state index in [-0.39, 0.29) is 11.6 Å². The van der Waals surface area contributed by atoms with Gasteiger partial charge in [0.25, 0.3) is 0 Å². The van der Waals surface area contributed by atoms with Gasteiger partial charge in [0.1, 0.15) is 5.82 Å². The lowest BCUT2D eigenvalue weighted by molar-refractivity contribution is 0.436. The van der Waals surface area contributed by atoms with Gasteiger partial charge in [0.05, 0.1) is 5.56 Å². The van der Waals surface area contributed by atoms with Crippen molar-refractivity contribution in [3.63, 3.8) is 0 Å². The van der Waals surface area contributed by atoms with Crippen LogP contribution in [0.5, 0.6) is 0 Å². The second-order valence-electron chi connectivity index (χ2n) is 4.41. The summed E-state index contributed by atoms with van der Waals surface area (Å²) in [4.78, 5) is 0. The molecule has 0 aliphatic heterocycles. The first kappa shape index (κ1) is 14.5. The van der Waals surface area contributed by atoms with Gasteiger partial charge in [-0.15, -0.1) is 0 Å². The van der Waals surface area contributed by atoms with Crippen LogP contribution < -0.4 is 5.73 Å². The molecule has 3 nitrogen and oxygen atoms in total. The fourth-order valence-electron chi connectivity index (χ4n) is 2.08. The van der Waals surface area contributed by atoms with Crippen LogP contribution >= 0.6 is 38.5 Å². The van der Waals surface area contributed by atoms with Gasteiger partial charge in [-0.3, -0.25) is 0 Å². The number of benzene rings is 2. The fourth-order valence-corrected chi connectivity index (χ4v) is 3.00. The number of rotatable bonds is 2. The maximum absolute atomic E-state index is 13.5. The Labute approximate surface area is 142 Å². The number of anilines is 1. The molecule has 6 heteroatoms. The molecule has 0 amide bonds. The van der Waals surface area contributed by atoms with Gasteiger partial charge in [-0.1, -0.05) is 33.2 Å². The molecular formula is C15H9BrFIN2O. The molecule has 0 fully saturated rings. The van der Waals surface area contributed by atoms with Crippen LogP contribution in [0.2, 0.25) is 0 Å². The molecule has 0 unspecified atom stereocenters. The van der Waals surface area contributed by atoms with Crippen molar-refractivity contribution < 1.29 is 8.91 Å². The van der Waals surface area contributed by atoms with E-state index in [2.05, 4.69) is 43.7 Å². The van der Waals surface area contributed by atoms with Crippen LogP contribution in [0.15, 0.2) is 51.5 Å². The Hall–Kier alpha value is -1.41. The second-order valence-corrected chi connectivity index (χ2v) is 6.51. The van der Waals surface area contributed by atoms with Gasteiger partial charge in [0.2, 0.25) is 0 Å². The number of hydrogen-bond acceptors (Lipinski definition) is 3. The third-order valence-electron chi connectivity index (χ3n) is 3.00. The maximum Gasteiger partial charge on any atom is 0.178 e. The van der Waals surface area contributed by atoms with Crippen LogP contribution in [0.1, 0.15) is 0 Å². The minimum Gasteiger partial charge on any atom is -0.380 e. The van der Waals surface area contributed by atoms with Gasteiger partial charge in [-0.05, 0) is 58.5 Å². The predicted molar refractivity (Wildman–Crippen MR) is 92.2 cm³/mol. The molecule has 3 aromatic rings. The summed E-state index contributed by atoms with van der Waals surface area (Å²) in [5.41, 5.74) is 7.96. The molecule has 1 heterocycles. The van der Waals surface area contributed by atoms with E-state index in [1.165, 1.54) is 12.1 Å². The first-order chi connectivity index (χ1) is 10.1. The average molecular weight is 459 g/mol. The summed E-state index contributed by atoms with van der Waals surface area (Å²) in [5.74, 6) is 0.422. The minimum absolute atomic E-state index is 0.237. The molecular weight excluding hydrogens is 450 g/mol. The van der Waals surface area contributed by atoms with Crippen LogP contribution in [-0.2, 0) is 0 Å². The van der Waals surface area contributed by atoms with Crippen molar-refractivity contribution in [1.29, 1.82) is 0 Å². The van der Waals surface area contributed by atoms with E-state index in [0.717, 1.165) is 13.6 Å². The van der Waals surface area contributed by atoms with Crippen molar-refractivity contribution in [3.05, 3.63) is 56.3 Å². The van der Waals surface area contributed by atoms with Crippen LogP contribution in [0, 0.1) is 9.39 Å². The number of nitrogen functional groups attached to an aromatic ring is 1. The molecule has 0 saturated heterocycles. The number of nitrogens with two attached hydrogens (primary N) is 1. The van der Waals surface area contributed by atoms with Crippen molar-refractivity contribution in [3.8, 4) is 22.5 Å². The van der Waals surface area contributed by atoms with Crippen LogP contribution in [0.3, 0.4) is 0 Å². The fraction of sp³-hybridized carbons (Fsp3) is 0. The molecule has 106 valence electrons. The Bertz CT molecular complexity index is 819. The summed E-state index contributed by atoms with van der Waals surface area (Å²) in [6.45, 7) is 0. The monoisotopic (exact) mass is 458 g/mol. The third kappa shape index (κ3) is 2.82. The summed E-state index contributed by atoms with van der Waals surface area (Å²) in [6, 6.07) is 12.0. The number of hydrogen-bond donors (Lipinski definition) is 1. The van der Waals surface area contributed by atoms with E-state index in [4.69, 9.17) is 10.3 Å². The molecule has 0 bridgehead atoms. The molecule has 1 aromatic heterocycles. The number of nitrogens with zero attached hydrogens (tertiary/aromatic N) is 1. The summed E-state index contributed by atoms with van der Waals surface area (Å²) in [7, 11) is 0. The van der Waals surface area contributed by atoms with E-state index in [0.29, 0.717) is 16.9 Å². The lowest BCUT2D eigenvalue weighted by atomic mass is 10.0. The minimum atomic E-state index is -0.333. The second kappa shape index (κ2) is 5.76. The lowest BCUT2D eigenvalue weighted by Gasteiger charge is -2.05. The molecule has 2 aromatic carbocycles. The quantitative estimate of drug-likeness (QED) is 0.543. The highest BCUT2D eigenvalue weighted by molar-refractivity contribution is 14.1. The Morgan fingerprint density at radius 1 is 1.19 bits per heavy atom. The van der Waals surface area contributed by atoms with Gasteiger partial charge >= 0.3 is 0 Å². The SMILES string of the molecule is Nc1noc(-c2cc(I)ccc2Br)c1-c1cccc(F)c1. The van der Waals surface area contributed by atoms with Crippen LogP contribution in [0.25, 0.3) is 22.5 Å². The van der Waals surface area contributed by atoms with Crippen molar-refractivity contribution >= 4 is 44.3 Å². The maximum atomic E-state index is 13.5. The topological polar surface area (TPSA) is 52.0 Å². The summed E-state index contributed by atoms with van der Waals surface area (Å²) >= 11 is 5.70. The molecule has 0 radical (unpaired) electrons. The smallest absolute Gasteiger partial charge is 0.178 e. The average Bonchev–Trinajstić information content (AvgIpc) is 2.83. The highest BCUT2D eigenvalue weighted by atomic mass is 127. The van der Waals surface area contributed by atoms with E-state index in [9.17, 15) is 4.39 Å². The Morgan fingerprint density at radius 2 is 2.00 bits per heavy atom. The van der Waals surface area contributed by atoms with Gasteiger partial charge in [0, 0.05) is 13.6 Å². The van der Waals surface area contributed by atoms with Crippen LogP contribution in [0.4, 0.5) is 10.2 Å². The van der Waals surface area contributed by atoms with E-state index in [1.54, 1.807) is 12.1 Å². The molecule has 3 rings (SSSR count). The largest absolute Gasteiger partial charge is 0.380 e. The highest BCUT2D eigenvalue weighted by Gasteiger charge is 2.20. The van der Waals surface area contributed by atoms with Gasteiger partial charge in [-0.25, -0.2) is 4.39 Å². The Balaban J connectivity index is 2.24. The molecule has 0 aliphatic carbocycles. The van der Waals surface area contributed by atoms with E-state index < -0.39 is 0 Å². The Morgan fingerprint density at radius 3 is 2.76 bits per heavy atom. The molecule has 21 heavy (non-hydrogen) atoms. The first-order valence-electron chi connectivity index (χ1n) is 6.03. The standard InChI is InChI=1S/C15H9BrFIN2O/c16-12-5-4-10(18)7-11(12)14-13(15(19)20-21-14)8-2-1-3-9(17)6-8/h1-7H,(H2,19,20). The lowest BCUT2D eigenvalue weighted by Crippen LogP contribution is -1.90. The Kier molecular flexibility index (Phi) is 3.99. The zero-order valence-corrected chi connectivity index (χ0v) is 14.4. The van der Waals surface area contributed by atoms with Gasteiger partial charge in [0.15, 0.2) is 11.6 Å². The van der Waals surface area contributed by atoms with Gasteiger partial charge < -0.3 is 10.3 Å². The molecule has 0 atom stereocenters. The van der Waals surface area contributed by atoms with Crippen molar-refractivity contribution in [1.82, 2.24) is 5.16 Å². The van der Waals surface area contributed by atoms with E-state index in [1.807, 2.05) is 18.2 Å². The van der Waals surface area contributed by atoms with Gasteiger partial charge in [-0.2, -0.15) is 0 Å². The zero-order valence-electron chi connectivity index (χ0n) is 10.6. The molecule has 0 aliphatic rings. The molecule has 2 N–H and O–H groups in total. The van der Waals surface area contributed by atoms with Crippen molar-refractivity contribution in [2.24, 2.45) is 0 Å². The molecule has 0 spiro atoms. The van der Waals surface area contributed by atoms with Crippen molar-refractivity contribution in [2.45, 2.75) is 0 Å². The number of aromatic nitrogens is 1. The van der Waals surface area contributed by atoms with Crippen LogP contribution in [-0.4, -0.2) is 5.16 Å². The highest BCUT2D eigenvalue weighted by Crippen LogP contribution is 2.40. The summed E-state index contributed by atoms with van der Waals surface area (Å²) < 4.78 is 20.8. The summed E-state index contributed by atoms with van der Waals surface area (Å²) in [6.07, 6.45) is 0. The third-order valence-corrected chi connectivity index (χ3v) is 4.37. The predicted octanol–water partition coefficient (Wildman–Crippen LogP) is 5.10. The first-order valence-corrected chi connectivity index (χ1v) is 7.90. The van der Waals surface area contributed by atoms with Crippen molar-refractivity contribution in [2.75, 3.05) is 5.73 Å². The van der Waals surface area contributed by atoms with E-state index >= 15 is 0 Å². The number of halogens is 3.